The van der Waals surface area contributed by atoms with Gasteiger partial charge in [0.2, 0.25) is 0 Å². The summed E-state index contributed by atoms with van der Waals surface area (Å²) in [7, 11) is 0. The molecule has 0 aliphatic heterocycles. The first-order valence-corrected chi connectivity index (χ1v) is 19.0. The second kappa shape index (κ2) is 12.5. The molecule has 0 atom stereocenters. The van der Waals surface area contributed by atoms with E-state index in [0.29, 0.717) is 23.7 Å². The minimum atomic E-state index is -0.832. The van der Waals surface area contributed by atoms with E-state index < -0.39 is 15.7 Å². The van der Waals surface area contributed by atoms with E-state index in [1.807, 2.05) is 0 Å². The van der Waals surface area contributed by atoms with Gasteiger partial charge in [-0.3, -0.25) is 0 Å². The van der Waals surface area contributed by atoms with Crippen LogP contribution >= 0.6 is 13.6 Å². The van der Waals surface area contributed by atoms with E-state index in [0.717, 1.165) is 11.4 Å². The molecule has 4 heteroatoms. The van der Waals surface area contributed by atoms with Crippen molar-refractivity contribution >= 4 is 46.3 Å². The molecule has 33 heavy (non-hydrogen) atoms. The Hall–Kier alpha value is -1.23. The molecule has 0 fully saturated rings. The molecule has 2 aromatic carbocycles. The molecule has 0 aliphatic carbocycles. The van der Waals surface area contributed by atoms with Crippen molar-refractivity contribution in [3.63, 3.8) is 0 Å². The van der Waals surface area contributed by atoms with Gasteiger partial charge in [0.25, 0.3) is 0 Å². The van der Waals surface area contributed by atoms with Gasteiger partial charge in [0.05, 0.1) is 0 Å². The normalized spacial score (nSPS) is 12.9. The third-order valence-electron chi connectivity index (χ3n) is 6.11. The van der Waals surface area contributed by atoms with E-state index in [-0.39, 0.29) is 0 Å². The summed E-state index contributed by atoms with van der Waals surface area (Å²) in [4.78, 5) is 5.18. The number of aliphatic imine (C=N–C) groups is 1. The van der Waals surface area contributed by atoms with Gasteiger partial charge >= 0.3 is 218 Å². The Morgan fingerprint density at radius 2 is 1.15 bits per heavy atom. The molecule has 0 spiro atoms. The Balaban J connectivity index is 2.61. The van der Waals surface area contributed by atoms with Crippen LogP contribution in [0.2, 0.25) is 0 Å². The molecule has 0 heterocycles. The third-order valence-corrected chi connectivity index (χ3v) is 10.0. The van der Waals surface area contributed by atoms with E-state index in [4.69, 9.17) is 4.99 Å². The number of hydrogen-bond acceptors (Lipinski definition) is 2. The number of hydrogen-bond donors (Lipinski definition) is 0. The number of anilines is 1. The Morgan fingerprint density at radius 1 is 0.758 bits per heavy atom. The number of para-hydroxylation sites is 2. The summed E-state index contributed by atoms with van der Waals surface area (Å²) >= 11 is 3.11. The van der Waals surface area contributed by atoms with E-state index in [1.54, 1.807) is 0 Å². The zero-order valence-electron chi connectivity index (χ0n) is 22.2. The quantitative estimate of drug-likeness (QED) is 0.218. The van der Waals surface area contributed by atoms with Crippen LogP contribution in [0.1, 0.15) is 115 Å². The van der Waals surface area contributed by atoms with Gasteiger partial charge in [-0.1, -0.05) is 0 Å². The maximum atomic E-state index is 5.18. The molecular weight excluding hydrogens is 526 g/mol. The van der Waals surface area contributed by atoms with Crippen LogP contribution in [0, 0.1) is 0 Å². The molecule has 1 radical (unpaired) electrons. The molecule has 0 aromatic heterocycles. The SMILES string of the molecule is CC(/C=C(/C)[N]([Ga][Br])c1c(C(C)C)cccc1C(C)C)=Nc1c(C(C)C)cccc1C(C)C. The van der Waals surface area contributed by atoms with Crippen LogP contribution in [0.3, 0.4) is 0 Å². The summed E-state index contributed by atoms with van der Waals surface area (Å²) in [6.07, 6.45) is 2.26. The Morgan fingerprint density at radius 3 is 1.52 bits per heavy atom. The molecule has 0 amide bonds. The van der Waals surface area contributed by atoms with Crippen LogP contribution in [-0.4, -0.2) is 21.4 Å². The van der Waals surface area contributed by atoms with Crippen LogP contribution in [0.25, 0.3) is 0 Å². The molecule has 0 saturated heterocycles. The van der Waals surface area contributed by atoms with Gasteiger partial charge in [-0.2, -0.15) is 0 Å². The van der Waals surface area contributed by atoms with Gasteiger partial charge < -0.3 is 0 Å². The van der Waals surface area contributed by atoms with Crippen molar-refractivity contribution < 1.29 is 0 Å². The fourth-order valence-corrected chi connectivity index (χ4v) is 8.37. The van der Waals surface area contributed by atoms with Gasteiger partial charge in [0.1, 0.15) is 0 Å². The molecule has 0 N–H and O–H groups in total. The van der Waals surface area contributed by atoms with Gasteiger partial charge in [-0.05, 0) is 0 Å². The van der Waals surface area contributed by atoms with Crippen LogP contribution in [0.4, 0.5) is 11.4 Å². The van der Waals surface area contributed by atoms with Crippen molar-refractivity contribution in [3.8, 4) is 0 Å². The van der Waals surface area contributed by atoms with Gasteiger partial charge in [0.15, 0.2) is 0 Å². The molecule has 0 aliphatic rings. The van der Waals surface area contributed by atoms with E-state index in [1.165, 1.54) is 33.6 Å². The number of nitrogens with zero attached hydrogens (tertiary/aromatic N) is 2. The maximum absolute atomic E-state index is 5.18. The zero-order chi connectivity index (χ0) is 24.9. The predicted molar refractivity (Wildman–Crippen MR) is 153 cm³/mol. The monoisotopic (exact) mass is 565 g/mol. The van der Waals surface area contributed by atoms with Crippen molar-refractivity contribution in [2.45, 2.75) is 92.9 Å². The summed E-state index contributed by atoms with van der Waals surface area (Å²) < 4.78 is 2.55. The number of benzene rings is 2. The average Bonchev–Trinajstić information content (AvgIpc) is 2.73. The van der Waals surface area contributed by atoms with Crippen molar-refractivity contribution in [2.24, 2.45) is 4.99 Å². The first kappa shape index (κ1) is 28.0. The zero-order valence-corrected chi connectivity index (χ0v) is 26.2. The Labute approximate surface area is 217 Å². The molecule has 2 aromatic rings. The molecule has 177 valence electrons. The van der Waals surface area contributed by atoms with Gasteiger partial charge in [-0.15, -0.1) is 0 Å². The Kier molecular flexibility index (Phi) is 10.6. The van der Waals surface area contributed by atoms with E-state index >= 15 is 0 Å². The summed E-state index contributed by atoms with van der Waals surface area (Å²) in [5.41, 5.74) is 10.4. The molecule has 0 bridgehead atoms. The second-order valence-electron chi connectivity index (χ2n) is 10.2. The first-order chi connectivity index (χ1) is 15.5. The first-order valence-electron chi connectivity index (χ1n) is 12.2. The van der Waals surface area contributed by atoms with Gasteiger partial charge in [0, 0.05) is 0 Å². The Bertz CT molecular complexity index is 950. The molecule has 0 unspecified atom stereocenters. The number of rotatable bonds is 9. The van der Waals surface area contributed by atoms with Crippen molar-refractivity contribution in [1.82, 2.24) is 0 Å². The van der Waals surface area contributed by atoms with Gasteiger partial charge in [-0.25, -0.2) is 0 Å². The van der Waals surface area contributed by atoms with E-state index in [2.05, 4.69) is 129 Å². The van der Waals surface area contributed by atoms with Crippen molar-refractivity contribution in [2.75, 3.05) is 3.61 Å². The van der Waals surface area contributed by atoms with Crippen LogP contribution in [0.15, 0.2) is 53.2 Å². The summed E-state index contributed by atoms with van der Waals surface area (Å²) in [5, 5.41) is 0. The topological polar surface area (TPSA) is 15.6 Å². The minimum absolute atomic E-state index is 0.444. The molecule has 2 nitrogen and oxygen atoms in total. The second-order valence-corrected chi connectivity index (χ2v) is 13.8. The fourth-order valence-electron chi connectivity index (χ4n) is 4.31. The number of halogens is 1. The summed E-state index contributed by atoms with van der Waals surface area (Å²) in [5.74, 6) is 1.84. The molecule has 2 rings (SSSR count). The summed E-state index contributed by atoms with van der Waals surface area (Å²) in [6, 6.07) is 13.4. The third kappa shape index (κ3) is 6.89. The van der Waals surface area contributed by atoms with Crippen LogP contribution < -0.4 is 3.61 Å². The fraction of sp³-hybridized carbons (Fsp3) is 0.483. The van der Waals surface area contributed by atoms with E-state index in [9.17, 15) is 0 Å². The van der Waals surface area contributed by atoms with Crippen molar-refractivity contribution in [3.05, 3.63) is 70.4 Å². The summed E-state index contributed by atoms with van der Waals surface area (Å²) in [6.45, 7) is 22.6. The average molecular weight is 567 g/mol. The standard InChI is InChI=1S/C29H41N2.BrH.Ga/c1-18(2)24-13-11-14-25(19(3)4)28(24)30-22(9)17-23(10)31-29-26(20(5)6)15-12-16-27(29)21(7)8;;/h11-21H,1-10H3;1H;/q-1;;+2/p-1/b22-17-,31-23?;;. The van der Waals surface area contributed by atoms with Crippen LogP contribution in [-0.2, 0) is 0 Å². The predicted octanol–water partition coefficient (Wildman–Crippen LogP) is 9.61. The molecule has 0 saturated carbocycles. The van der Waals surface area contributed by atoms with Crippen LogP contribution in [0.5, 0.6) is 0 Å². The molecular formula is C29H41BrGaN2. The van der Waals surface area contributed by atoms with Crippen molar-refractivity contribution in [1.29, 1.82) is 0 Å². The number of allylic oxidation sites excluding steroid dienone is 2.